The number of halogens is 1. The fourth-order valence-electron chi connectivity index (χ4n) is 3.14. The molecule has 4 rings (SSSR count). The van der Waals surface area contributed by atoms with Gasteiger partial charge in [-0.2, -0.15) is 4.31 Å². The first-order chi connectivity index (χ1) is 12.9. The number of hydrogen-bond acceptors (Lipinski definition) is 4. The number of anilines is 1. The van der Waals surface area contributed by atoms with E-state index in [0.29, 0.717) is 16.9 Å². The lowest BCUT2D eigenvalue weighted by Gasteiger charge is -2.31. The van der Waals surface area contributed by atoms with Gasteiger partial charge in [0, 0.05) is 11.1 Å². The van der Waals surface area contributed by atoms with Gasteiger partial charge in [0.15, 0.2) is 0 Å². The first-order valence-electron chi connectivity index (χ1n) is 8.07. The number of carbonyl (C=O) groups excluding carboxylic acids is 1. The zero-order chi connectivity index (χ0) is 19.2. The summed E-state index contributed by atoms with van der Waals surface area (Å²) in [4.78, 5) is 13.3. The van der Waals surface area contributed by atoms with Gasteiger partial charge >= 0.3 is 0 Å². The predicted octanol–water partition coefficient (Wildman–Crippen LogP) is 4.36. The van der Waals surface area contributed by atoms with Crippen LogP contribution < -0.4 is 9.04 Å². The molecule has 3 aromatic rings. The highest BCUT2D eigenvalue weighted by Gasteiger charge is 2.39. The number of benzene rings is 3. The third kappa shape index (κ3) is 2.69. The van der Waals surface area contributed by atoms with Crippen molar-refractivity contribution in [2.45, 2.75) is 4.90 Å². The van der Waals surface area contributed by atoms with E-state index in [1.807, 2.05) is 0 Å². The summed E-state index contributed by atoms with van der Waals surface area (Å²) in [6.07, 6.45) is 0. The van der Waals surface area contributed by atoms with Gasteiger partial charge < -0.3 is 4.74 Å². The summed E-state index contributed by atoms with van der Waals surface area (Å²) in [7, 11) is -2.57. The summed E-state index contributed by atoms with van der Waals surface area (Å²) >= 11 is 6.14. The Morgan fingerprint density at radius 2 is 1.67 bits per heavy atom. The van der Waals surface area contributed by atoms with Crippen LogP contribution >= 0.6 is 11.6 Å². The van der Waals surface area contributed by atoms with Crippen LogP contribution in [0.15, 0.2) is 71.6 Å². The number of sulfonamides is 1. The molecule has 5 nitrogen and oxygen atoms in total. The minimum atomic E-state index is -4.10. The van der Waals surface area contributed by atoms with Gasteiger partial charge in [0.1, 0.15) is 5.75 Å². The monoisotopic (exact) mass is 399 g/mol. The van der Waals surface area contributed by atoms with Gasteiger partial charge in [0.2, 0.25) is 0 Å². The molecule has 0 atom stereocenters. The molecule has 136 valence electrons. The van der Waals surface area contributed by atoms with Crippen LogP contribution in [0.5, 0.6) is 5.75 Å². The van der Waals surface area contributed by atoms with Crippen molar-refractivity contribution in [1.82, 2.24) is 0 Å². The van der Waals surface area contributed by atoms with Gasteiger partial charge in [0.05, 0.1) is 28.3 Å². The molecular formula is C20H14ClNO4S. The van der Waals surface area contributed by atoms with Gasteiger partial charge in [-0.15, -0.1) is 0 Å². The number of amides is 1. The Bertz CT molecular complexity index is 1170. The SMILES string of the molecule is COc1ccc2c(c1)-c1ccccc1S(=O)(=O)N2C(=O)c1ccccc1Cl. The van der Waals surface area contributed by atoms with Crippen molar-refractivity contribution in [3.63, 3.8) is 0 Å². The summed E-state index contributed by atoms with van der Waals surface area (Å²) in [6, 6.07) is 17.8. The van der Waals surface area contributed by atoms with Crippen molar-refractivity contribution < 1.29 is 17.9 Å². The van der Waals surface area contributed by atoms with E-state index in [-0.39, 0.29) is 21.2 Å². The van der Waals surface area contributed by atoms with E-state index in [4.69, 9.17) is 16.3 Å². The Hall–Kier alpha value is -2.83. The van der Waals surface area contributed by atoms with Crippen molar-refractivity contribution in [1.29, 1.82) is 0 Å². The third-order valence-electron chi connectivity index (χ3n) is 4.41. The molecule has 0 saturated carbocycles. The second-order valence-corrected chi connectivity index (χ2v) is 8.10. The van der Waals surface area contributed by atoms with E-state index >= 15 is 0 Å². The van der Waals surface area contributed by atoms with E-state index in [9.17, 15) is 13.2 Å². The molecule has 0 N–H and O–H groups in total. The molecular weight excluding hydrogens is 386 g/mol. The minimum Gasteiger partial charge on any atom is -0.497 e. The molecule has 0 radical (unpaired) electrons. The Kier molecular flexibility index (Phi) is 4.17. The van der Waals surface area contributed by atoms with Crippen LogP contribution in [-0.2, 0) is 10.0 Å². The van der Waals surface area contributed by atoms with Gasteiger partial charge in [0.25, 0.3) is 15.9 Å². The summed E-state index contributed by atoms with van der Waals surface area (Å²) in [6.45, 7) is 0. The first-order valence-corrected chi connectivity index (χ1v) is 9.88. The summed E-state index contributed by atoms with van der Waals surface area (Å²) in [5, 5.41) is 0.187. The number of ether oxygens (including phenoxy) is 1. The first kappa shape index (κ1) is 17.6. The lowest BCUT2D eigenvalue weighted by atomic mass is 10.0. The number of carbonyl (C=O) groups is 1. The molecule has 3 aromatic carbocycles. The second kappa shape index (κ2) is 6.40. The number of nitrogens with zero attached hydrogens (tertiary/aromatic N) is 1. The smallest absolute Gasteiger partial charge is 0.273 e. The van der Waals surface area contributed by atoms with Crippen LogP contribution in [0.4, 0.5) is 5.69 Å². The summed E-state index contributed by atoms with van der Waals surface area (Å²) in [5.41, 5.74) is 1.50. The zero-order valence-electron chi connectivity index (χ0n) is 14.2. The fourth-order valence-corrected chi connectivity index (χ4v) is 4.99. The van der Waals surface area contributed by atoms with Crippen molar-refractivity contribution in [3.8, 4) is 16.9 Å². The summed E-state index contributed by atoms with van der Waals surface area (Å²) in [5.74, 6) is -0.144. The quantitative estimate of drug-likeness (QED) is 0.642. The molecule has 1 aliphatic heterocycles. The molecule has 0 fully saturated rings. The van der Waals surface area contributed by atoms with E-state index < -0.39 is 15.9 Å². The highest BCUT2D eigenvalue weighted by Crippen LogP contribution is 2.45. The van der Waals surface area contributed by atoms with E-state index in [0.717, 1.165) is 4.31 Å². The van der Waals surface area contributed by atoms with Crippen LogP contribution in [0.25, 0.3) is 11.1 Å². The molecule has 1 aliphatic rings. The maximum Gasteiger partial charge on any atom is 0.273 e. The average Bonchev–Trinajstić information content (AvgIpc) is 2.68. The third-order valence-corrected chi connectivity index (χ3v) is 6.49. The molecule has 0 unspecified atom stereocenters. The lowest BCUT2D eigenvalue weighted by Crippen LogP contribution is -2.39. The largest absolute Gasteiger partial charge is 0.497 e. The van der Waals surface area contributed by atoms with Gasteiger partial charge in [-0.3, -0.25) is 4.79 Å². The lowest BCUT2D eigenvalue weighted by molar-refractivity contribution is 0.101. The molecule has 0 saturated heterocycles. The Morgan fingerprint density at radius 1 is 0.963 bits per heavy atom. The Balaban J connectivity index is 2.01. The molecule has 7 heteroatoms. The van der Waals surface area contributed by atoms with Gasteiger partial charge in [-0.25, -0.2) is 8.42 Å². The Morgan fingerprint density at radius 3 is 2.41 bits per heavy atom. The van der Waals surface area contributed by atoms with Crippen LogP contribution in [0.2, 0.25) is 5.02 Å². The van der Waals surface area contributed by atoms with Crippen molar-refractivity contribution >= 4 is 33.2 Å². The minimum absolute atomic E-state index is 0.0613. The van der Waals surface area contributed by atoms with Crippen molar-refractivity contribution in [2.75, 3.05) is 11.4 Å². The number of methoxy groups -OCH3 is 1. The summed E-state index contributed by atoms with van der Waals surface area (Å²) < 4.78 is 32.6. The highest BCUT2D eigenvalue weighted by molar-refractivity contribution is 7.94. The van der Waals surface area contributed by atoms with E-state index in [2.05, 4.69) is 0 Å². The van der Waals surface area contributed by atoms with Crippen LogP contribution in [0.3, 0.4) is 0 Å². The van der Waals surface area contributed by atoms with Gasteiger partial charge in [-0.1, -0.05) is 41.9 Å². The van der Waals surface area contributed by atoms with E-state index in [1.165, 1.54) is 19.2 Å². The second-order valence-electron chi connectivity index (χ2n) is 5.93. The molecule has 0 spiro atoms. The molecule has 1 heterocycles. The number of rotatable bonds is 2. The predicted molar refractivity (Wildman–Crippen MR) is 104 cm³/mol. The highest BCUT2D eigenvalue weighted by atomic mass is 35.5. The van der Waals surface area contributed by atoms with Crippen LogP contribution in [0, 0.1) is 0 Å². The normalized spacial score (nSPS) is 14.2. The number of hydrogen-bond donors (Lipinski definition) is 0. The topological polar surface area (TPSA) is 63.7 Å². The van der Waals surface area contributed by atoms with Gasteiger partial charge in [-0.05, 0) is 36.4 Å². The fraction of sp³-hybridized carbons (Fsp3) is 0.0500. The molecule has 0 aliphatic carbocycles. The molecule has 27 heavy (non-hydrogen) atoms. The maximum absolute atomic E-state index is 13.3. The van der Waals surface area contributed by atoms with Crippen molar-refractivity contribution in [2.24, 2.45) is 0 Å². The molecule has 1 amide bonds. The number of fused-ring (bicyclic) bond motifs is 3. The zero-order valence-corrected chi connectivity index (χ0v) is 15.8. The average molecular weight is 400 g/mol. The van der Waals surface area contributed by atoms with E-state index in [1.54, 1.807) is 54.6 Å². The van der Waals surface area contributed by atoms with Crippen LogP contribution in [-0.4, -0.2) is 21.4 Å². The standard InChI is InChI=1S/C20H14ClNO4S/c1-26-13-10-11-18-16(12-13)14-6-3-5-9-19(14)27(24,25)22(18)20(23)15-7-2-4-8-17(15)21/h2-12H,1H3. The van der Waals surface area contributed by atoms with Crippen LogP contribution in [0.1, 0.15) is 10.4 Å². The molecule has 0 aromatic heterocycles. The Labute approximate surface area is 161 Å². The molecule has 0 bridgehead atoms. The maximum atomic E-state index is 13.3. The van der Waals surface area contributed by atoms with Crippen molar-refractivity contribution in [3.05, 3.63) is 77.3 Å².